The van der Waals surface area contributed by atoms with Crippen LogP contribution in [0.15, 0.2) is 42.1 Å². The van der Waals surface area contributed by atoms with Crippen molar-refractivity contribution in [3.05, 3.63) is 69.5 Å². The van der Waals surface area contributed by atoms with E-state index in [0.717, 1.165) is 49.4 Å². The predicted molar refractivity (Wildman–Crippen MR) is 132 cm³/mol. The molecule has 6 heteroatoms. The fourth-order valence-electron chi connectivity index (χ4n) is 5.39. The lowest BCUT2D eigenvalue weighted by Gasteiger charge is -2.30. The number of aryl methyl sites for hydroxylation is 2. The Balaban J connectivity index is 1.28. The van der Waals surface area contributed by atoms with Gasteiger partial charge in [0, 0.05) is 36.4 Å². The van der Waals surface area contributed by atoms with Gasteiger partial charge in [0.15, 0.2) is 0 Å². The van der Waals surface area contributed by atoms with Crippen molar-refractivity contribution in [2.45, 2.75) is 44.9 Å². The Kier molecular flexibility index (Phi) is 6.98. The Bertz CT molecular complexity index is 1040. The molecule has 0 saturated carbocycles. The summed E-state index contributed by atoms with van der Waals surface area (Å²) >= 11 is 6.33. The summed E-state index contributed by atoms with van der Waals surface area (Å²) in [5.41, 5.74) is 7.51. The first kappa shape index (κ1) is 22.4. The molecule has 0 atom stereocenters. The Morgan fingerprint density at radius 1 is 1.00 bits per heavy atom. The fraction of sp³-hybridized carbons (Fsp3) is 0.481. The summed E-state index contributed by atoms with van der Waals surface area (Å²) in [5, 5.41) is 0.777. The minimum absolute atomic E-state index is 0.174. The Morgan fingerprint density at radius 3 is 2.61 bits per heavy atom. The van der Waals surface area contributed by atoms with Crippen molar-refractivity contribution >= 4 is 23.3 Å². The molecule has 1 amide bonds. The van der Waals surface area contributed by atoms with Gasteiger partial charge in [-0.3, -0.25) is 4.98 Å². The SMILES string of the molecule is O=C(OCCCN1CCCC1)N1CCC(=C2c3ccc(Cl)cc3CCc3cccnc32)CC1. The van der Waals surface area contributed by atoms with Crippen molar-refractivity contribution in [1.82, 2.24) is 14.8 Å². The summed E-state index contributed by atoms with van der Waals surface area (Å²) in [6.45, 7) is 5.28. The lowest BCUT2D eigenvalue weighted by Crippen LogP contribution is -2.37. The first-order valence-electron chi connectivity index (χ1n) is 12.3. The van der Waals surface area contributed by atoms with Gasteiger partial charge in [-0.05, 0) is 92.9 Å². The van der Waals surface area contributed by atoms with Gasteiger partial charge in [0.1, 0.15) is 0 Å². The molecular formula is C27H32ClN3O2. The zero-order valence-corrected chi connectivity index (χ0v) is 19.9. The maximum Gasteiger partial charge on any atom is 0.409 e. The van der Waals surface area contributed by atoms with Crippen molar-refractivity contribution in [3.63, 3.8) is 0 Å². The molecule has 3 heterocycles. The second-order valence-corrected chi connectivity index (χ2v) is 9.73. The van der Waals surface area contributed by atoms with Crippen molar-refractivity contribution in [3.8, 4) is 0 Å². The third-order valence-electron chi connectivity index (χ3n) is 7.15. The van der Waals surface area contributed by atoms with E-state index in [1.54, 1.807) is 0 Å². The number of halogens is 1. The zero-order valence-electron chi connectivity index (χ0n) is 19.2. The molecule has 0 bridgehead atoms. The second-order valence-electron chi connectivity index (χ2n) is 9.29. The highest BCUT2D eigenvalue weighted by Gasteiger charge is 2.27. The van der Waals surface area contributed by atoms with E-state index in [1.165, 1.54) is 53.8 Å². The van der Waals surface area contributed by atoms with Crippen LogP contribution in [0.1, 0.15) is 54.5 Å². The fourth-order valence-corrected chi connectivity index (χ4v) is 5.58. The van der Waals surface area contributed by atoms with Gasteiger partial charge >= 0.3 is 6.09 Å². The summed E-state index contributed by atoms with van der Waals surface area (Å²) in [4.78, 5) is 21.7. The Hall–Kier alpha value is -2.37. The van der Waals surface area contributed by atoms with Crippen molar-refractivity contribution in [2.24, 2.45) is 0 Å². The van der Waals surface area contributed by atoms with Gasteiger partial charge in [0.2, 0.25) is 0 Å². The molecule has 2 aliphatic heterocycles. The molecule has 174 valence electrons. The van der Waals surface area contributed by atoms with Crippen molar-refractivity contribution in [1.29, 1.82) is 0 Å². The number of carbonyl (C=O) groups is 1. The molecule has 33 heavy (non-hydrogen) atoms. The van der Waals surface area contributed by atoms with Gasteiger partial charge < -0.3 is 14.5 Å². The van der Waals surface area contributed by atoms with Gasteiger partial charge in [0.25, 0.3) is 0 Å². The number of likely N-dealkylation sites (tertiary alicyclic amines) is 2. The maximum atomic E-state index is 12.6. The highest BCUT2D eigenvalue weighted by molar-refractivity contribution is 6.30. The summed E-state index contributed by atoms with van der Waals surface area (Å²) in [6, 6.07) is 10.4. The van der Waals surface area contributed by atoms with Crippen LogP contribution in [0.5, 0.6) is 0 Å². The first-order valence-corrected chi connectivity index (χ1v) is 12.7. The number of benzene rings is 1. The second kappa shape index (κ2) is 10.3. The van der Waals surface area contributed by atoms with Crippen LogP contribution in [0, 0.1) is 0 Å². The Morgan fingerprint density at radius 2 is 1.79 bits per heavy atom. The molecule has 1 aromatic heterocycles. The van der Waals surface area contributed by atoms with E-state index in [9.17, 15) is 4.79 Å². The molecule has 0 spiro atoms. The number of fused-ring (bicyclic) bond motifs is 2. The highest BCUT2D eigenvalue weighted by Crippen LogP contribution is 2.38. The average Bonchev–Trinajstić information content (AvgIpc) is 3.30. The van der Waals surface area contributed by atoms with E-state index in [-0.39, 0.29) is 6.09 Å². The van der Waals surface area contributed by atoms with Crippen LogP contribution >= 0.6 is 11.6 Å². The van der Waals surface area contributed by atoms with Gasteiger partial charge in [-0.2, -0.15) is 0 Å². The zero-order chi connectivity index (χ0) is 22.6. The van der Waals surface area contributed by atoms with Crippen molar-refractivity contribution in [2.75, 3.05) is 39.3 Å². The van der Waals surface area contributed by atoms with Crippen LogP contribution in [-0.2, 0) is 17.6 Å². The molecule has 0 N–H and O–H groups in total. The third-order valence-corrected chi connectivity index (χ3v) is 7.39. The van der Waals surface area contributed by atoms with Gasteiger partial charge in [-0.15, -0.1) is 0 Å². The standard InChI is InChI=1S/C27H32ClN3O2/c28-23-8-9-24-22(19-23)7-6-21-5-3-12-29-26(21)25(24)20-10-16-31(17-11-20)27(32)33-18-4-15-30-13-1-2-14-30/h3,5,8-9,12,19H,1-2,4,6-7,10-11,13-18H2. The lowest BCUT2D eigenvalue weighted by molar-refractivity contribution is 0.0958. The Labute approximate surface area is 201 Å². The van der Waals surface area contributed by atoms with Crippen molar-refractivity contribution < 1.29 is 9.53 Å². The number of hydrogen-bond acceptors (Lipinski definition) is 4. The molecule has 5 nitrogen and oxygen atoms in total. The van der Waals surface area contributed by atoms with Gasteiger partial charge in [-0.1, -0.05) is 29.3 Å². The van der Waals surface area contributed by atoms with Crippen LogP contribution in [0.25, 0.3) is 5.57 Å². The molecule has 1 aliphatic carbocycles. The van der Waals surface area contributed by atoms with Gasteiger partial charge in [0.05, 0.1) is 12.3 Å². The smallest absolute Gasteiger partial charge is 0.409 e. The van der Waals surface area contributed by atoms with Crippen LogP contribution in [0.2, 0.25) is 5.02 Å². The van der Waals surface area contributed by atoms with E-state index in [0.29, 0.717) is 19.7 Å². The molecule has 2 saturated heterocycles. The third kappa shape index (κ3) is 5.10. The van der Waals surface area contributed by atoms with E-state index in [1.807, 2.05) is 23.2 Å². The molecule has 3 aliphatic rings. The summed E-state index contributed by atoms with van der Waals surface area (Å²) < 4.78 is 5.58. The average molecular weight is 466 g/mol. The monoisotopic (exact) mass is 465 g/mol. The van der Waals surface area contributed by atoms with E-state index in [4.69, 9.17) is 21.3 Å². The molecule has 1 aromatic carbocycles. The number of piperidine rings is 1. The molecule has 0 unspecified atom stereocenters. The minimum atomic E-state index is -0.174. The van der Waals surface area contributed by atoms with E-state index in [2.05, 4.69) is 23.1 Å². The largest absolute Gasteiger partial charge is 0.449 e. The topological polar surface area (TPSA) is 45.7 Å². The quantitative estimate of drug-likeness (QED) is 0.570. The number of carbonyl (C=O) groups excluding carboxylic acids is 1. The number of amides is 1. The number of ether oxygens (including phenoxy) is 1. The van der Waals surface area contributed by atoms with Crippen LogP contribution in [0.3, 0.4) is 0 Å². The highest BCUT2D eigenvalue weighted by atomic mass is 35.5. The number of pyridine rings is 1. The van der Waals surface area contributed by atoms with Crippen LogP contribution in [0.4, 0.5) is 4.79 Å². The first-order chi connectivity index (χ1) is 16.2. The predicted octanol–water partition coefficient (Wildman–Crippen LogP) is 5.35. The number of hydrogen-bond donors (Lipinski definition) is 0. The summed E-state index contributed by atoms with van der Waals surface area (Å²) in [5.74, 6) is 0. The number of rotatable bonds is 4. The molecule has 5 rings (SSSR count). The van der Waals surface area contributed by atoms with Crippen LogP contribution in [-0.4, -0.2) is 60.2 Å². The lowest BCUT2D eigenvalue weighted by atomic mass is 9.88. The molecule has 2 fully saturated rings. The molecule has 2 aromatic rings. The summed E-state index contributed by atoms with van der Waals surface area (Å²) in [7, 11) is 0. The van der Waals surface area contributed by atoms with Gasteiger partial charge in [-0.25, -0.2) is 4.79 Å². The maximum absolute atomic E-state index is 12.6. The normalized spacial score (nSPS) is 18.6. The number of nitrogens with zero attached hydrogens (tertiary/aromatic N) is 3. The summed E-state index contributed by atoms with van der Waals surface area (Å²) in [6.07, 6.45) is 8.82. The van der Waals surface area contributed by atoms with E-state index < -0.39 is 0 Å². The minimum Gasteiger partial charge on any atom is -0.449 e. The molecular weight excluding hydrogens is 434 g/mol. The molecule has 0 radical (unpaired) electrons. The van der Waals surface area contributed by atoms with E-state index >= 15 is 0 Å². The number of aromatic nitrogens is 1. The van der Waals surface area contributed by atoms with Crippen LogP contribution < -0.4 is 0 Å².